The Bertz CT molecular complexity index is 110. The van der Waals surface area contributed by atoms with Crippen LogP contribution in [0.2, 0.25) is 0 Å². The molecule has 0 spiro atoms. The van der Waals surface area contributed by atoms with Gasteiger partial charge < -0.3 is 5.11 Å². The molecule has 0 saturated heterocycles. The SMILES string of the molecule is CCC(=O)SS[C@H](O)NC. The minimum absolute atomic E-state index is 0.0827. The van der Waals surface area contributed by atoms with Gasteiger partial charge in [-0.25, -0.2) is 0 Å². The summed E-state index contributed by atoms with van der Waals surface area (Å²) >= 11 is 0. The van der Waals surface area contributed by atoms with Crippen LogP contribution in [-0.4, -0.2) is 22.8 Å². The van der Waals surface area contributed by atoms with E-state index in [1.54, 1.807) is 14.0 Å². The van der Waals surface area contributed by atoms with Gasteiger partial charge in [0.25, 0.3) is 0 Å². The third kappa shape index (κ3) is 5.10. The molecular weight excluding hydrogens is 170 g/mol. The van der Waals surface area contributed by atoms with E-state index in [0.717, 1.165) is 21.6 Å². The van der Waals surface area contributed by atoms with Crippen molar-refractivity contribution in [1.29, 1.82) is 0 Å². The second-order valence-corrected chi connectivity index (χ2v) is 3.88. The Kier molecular flexibility index (Phi) is 6.20. The molecule has 0 bridgehead atoms. The molecule has 5 heteroatoms. The summed E-state index contributed by atoms with van der Waals surface area (Å²) in [4.78, 5) is 10.6. The van der Waals surface area contributed by atoms with Gasteiger partial charge in [0.1, 0.15) is 0 Å². The summed E-state index contributed by atoms with van der Waals surface area (Å²) < 4.78 is 0. The van der Waals surface area contributed by atoms with Crippen molar-refractivity contribution in [2.45, 2.75) is 18.9 Å². The molecular formula is C5H11NO2S2. The predicted octanol–water partition coefficient (Wildman–Crippen LogP) is 0.800. The maximum atomic E-state index is 10.6. The van der Waals surface area contributed by atoms with Crippen molar-refractivity contribution < 1.29 is 9.90 Å². The summed E-state index contributed by atoms with van der Waals surface area (Å²) in [6.45, 7) is 1.79. The van der Waals surface area contributed by atoms with Crippen LogP contribution in [-0.2, 0) is 4.79 Å². The zero-order valence-corrected chi connectivity index (χ0v) is 7.59. The smallest absolute Gasteiger partial charge is 0.199 e. The van der Waals surface area contributed by atoms with Crippen molar-refractivity contribution in [3.05, 3.63) is 0 Å². The van der Waals surface area contributed by atoms with E-state index in [-0.39, 0.29) is 5.12 Å². The van der Waals surface area contributed by atoms with Crippen LogP contribution in [0.4, 0.5) is 0 Å². The molecule has 0 fully saturated rings. The van der Waals surface area contributed by atoms with Crippen molar-refractivity contribution in [2.75, 3.05) is 7.05 Å². The van der Waals surface area contributed by atoms with E-state index in [1.165, 1.54) is 0 Å². The van der Waals surface area contributed by atoms with Crippen molar-refractivity contribution >= 4 is 26.7 Å². The average Bonchev–Trinajstić information content (AvgIpc) is 1.99. The Labute approximate surface area is 68.4 Å². The third-order valence-corrected chi connectivity index (χ3v) is 3.15. The van der Waals surface area contributed by atoms with Gasteiger partial charge in [-0.05, 0) is 28.6 Å². The van der Waals surface area contributed by atoms with Crippen LogP contribution in [0.15, 0.2) is 0 Å². The van der Waals surface area contributed by atoms with E-state index >= 15 is 0 Å². The molecule has 0 aliphatic heterocycles. The zero-order chi connectivity index (χ0) is 7.98. The van der Waals surface area contributed by atoms with Gasteiger partial charge in [-0.1, -0.05) is 6.92 Å². The number of carbonyl (C=O) groups is 1. The highest BCUT2D eigenvalue weighted by Crippen LogP contribution is 2.25. The van der Waals surface area contributed by atoms with Gasteiger partial charge in [-0.2, -0.15) is 0 Å². The molecule has 0 saturated carbocycles. The highest BCUT2D eigenvalue weighted by Gasteiger charge is 2.04. The van der Waals surface area contributed by atoms with E-state index in [9.17, 15) is 4.79 Å². The number of aliphatic hydroxyl groups is 1. The Hall–Kier alpha value is 0.290. The van der Waals surface area contributed by atoms with Gasteiger partial charge in [0.15, 0.2) is 10.7 Å². The molecule has 0 heterocycles. The summed E-state index contributed by atoms with van der Waals surface area (Å²) in [5, 5.41) is 11.6. The second-order valence-electron chi connectivity index (χ2n) is 1.55. The van der Waals surface area contributed by atoms with Gasteiger partial charge in [0.05, 0.1) is 0 Å². The fraction of sp³-hybridized carbons (Fsp3) is 0.800. The molecule has 2 N–H and O–H groups in total. The molecule has 0 amide bonds. The first kappa shape index (κ1) is 10.3. The number of hydrogen-bond donors (Lipinski definition) is 2. The van der Waals surface area contributed by atoms with Crippen LogP contribution in [0.1, 0.15) is 13.3 Å². The average molecular weight is 181 g/mol. The van der Waals surface area contributed by atoms with Crippen LogP contribution in [0.3, 0.4) is 0 Å². The predicted molar refractivity (Wildman–Crippen MR) is 45.5 cm³/mol. The monoisotopic (exact) mass is 181 g/mol. The van der Waals surface area contributed by atoms with Crippen LogP contribution >= 0.6 is 21.6 Å². The molecule has 3 nitrogen and oxygen atoms in total. The fourth-order valence-corrected chi connectivity index (χ4v) is 1.86. The van der Waals surface area contributed by atoms with E-state index in [1.807, 2.05) is 0 Å². The minimum Gasteiger partial charge on any atom is -0.368 e. The second kappa shape index (κ2) is 6.03. The van der Waals surface area contributed by atoms with Gasteiger partial charge in [-0.3, -0.25) is 10.1 Å². The zero-order valence-electron chi connectivity index (χ0n) is 5.96. The number of rotatable bonds is 4. The lowest BCUT2D eigenvalue weighted by Gasteiger charge is -2.04. The molecule has 0 aliphatic carbocycles. The summed E-state index contributed by atoms with van der Waals surface area (Å²) in [5.74, 6) is 0. The van der Waals surface area contributed by atoms with Crippen molar-refractivity contribution in [3.63, 3.8) is 0 Å². The lowest BCUT2D eigenvalue weighted by Crippen LogP contribution is -2.19. The quantitative estimate of drug-likeness (QED) is 0.496. The molecule has 0 unspecified atom stereocenters. The van der Waals surface area contributed by atoms with Crippen LogP contribution in [0, 0.1) is 0 Å². The first-order valence-corrected chi connectivity index (χ1v) is 5.13. The Morgan fingerprint density at radius 3 is 2.80 bits per heavy atom. The molecule has 1 atom stereocenters. The van der Waals surface area contributed by atoms with Crippen LogP contribution in [0.5, 0.6) is 0 Å². The van der Waals surface area contributed by atoms with E-state index in [2.05, 4.69) is 5.32 Å². The molecule has 0 aromatic rings. The molecule has 0 rings (SSSR count). The van der Waals surface area contributed by atoms with Crippen LogP contribution in [0.25, 0.3) is 0 Å². The van der Waals surface area contributed by atoms with Crippen LogP contribution < -0.4 is 5.32 Å². The first-order valence-electron chi connectivity index (χ1n) is 2.92. The number of nitrogens with one attached hydrogen (secondary N) is 1. The lowest BCUT2D eigenvalue weighted by atomic mass is 10.6. The summed E-state index contributed by atoms with van der Waals surface area (Å²) in [6, 6.07) is 0. The summed E-state index contributed by atoms with van der Waals surface area (Å²) in [7, 11) is 3.83. The molecule has 0 radical (unpaired) electrons. The maximum absolute atomic E-state index is 10.6. The summed E-state index contributed by atoms with van der Waals surface area (Å²) in [6.07, 6.45) is 0.508. The van der Waals surface area contributed by atoms with Gasteiger partial charge in [-0.15, -0.1) is 0 Å². The van der Waals surface area contributed by atoms with Gasteiger partial charge in [0.2, 0.25) is 0 Å². The third-order valence-electron chi connectivity index (χ3n) is 0.768. The van der Waals surface area contributed by atoms with Crippen molar-refractivity contribution in [3.8, 4) is 0 Å². The maximum Gasteiger partial charge on any atom is 0.199 e. The number of aliphatic hydroxyl groups excluding tert-OH is 1. The standard InChI is InChI=1S/C5H11NO2S2/c1-3-4(7)9-10-5(8)6-2/h5-6,8H,3H2,1-2H3/t5-/m0/s1. The molecule has 0 aromatic heterocycles. The first-order chi connectivity index (χ1) is 4.70. The Morgan fingerprint density at radius 1 is 1.80 bits per heavy atom. The molecule has 0 aliphatic rings. The largest absolute Gasteiger partial charge is 0.368 e. The molecule has 10 heavy (non-hydrogen) atoms. The normalized spacial score (nSPS) is 13.1. The highest BCUT2D eigenvalue weighted by molar-refractivity contribution is 8.82. The van der Waals surface area contributed by atoms with Gasteiger partial charge in [0, 0.05) is 6.42 Å². The van der Waals surface area contributed by atoms with E-state index in [0.29, 0.717) is 6.42 Å². The highest BCUT2D eigenvalue weighted by atomic mass is 33.1. The molecule has 60 valence electrons. The minimum atomic E-state index is -0.652. The fourth-order valence-electron chi connectivity index (χ4n) is 0.206. The van der Waals surface area contributed by atoms with E-state index < -0.39 is 5.56 Å². The summed E-state index contributed by atoms with van der Waals surface area (Å²) in [5.41, 5.74) is -0.652. The molecule has 0 aromatic carbocycles. The topological polar surface area (TPSA) is 49.3 Å². The number of carbonyl (C=O) groups excluding carboxylic acids is 1. The Balaban J connectivity index is 3.26. The Morgan fingerprint density at radius 2 is 2.40 bits per heavy atom. The van der Waals surface area contributed by atoms with Crippen molar-refractivity contribution in [2.24, 2.45) is 0 Å². The van der Waals surface area contributed by atoms with E-state index in [4.69, 9.17) is 5.11 Å². The lowest BCUT2D eigenvalue weighted by molar-refractivity contribution is -0.110. The number of hydrogen-bond acceptors (Lipinski definition) is 5. The van der Waals surface area contributed by atoms with Crippen molar-refractivity contribution in [1.82, 2.24) is 5.32 Å². The van der Waals surface area contributed by atoms with Gasteiger partial charge >= 0.3 is 0 Å².